The van der Waals surface area contributed by atoms with Gasteiger partial charge in [0, 0.05) is 37.9 Å². The molecule has 0 N–H and O–H groups in total. The molecule has 0 bridgehead atoms. The molecule has 8 aromatic rings. The molecule has 52 heavy (non-hydrogen) atoms. The van der Waals surface area contributed by atoms with Crippen molar-refractivity contribution in [3.05, 3.63) is 164 Å². The van der Waals surface area contributed by atoms with Crippen LogP contribution in [0.3, 0.4) is 0 Å². The zero-order chi connectivity index (χ0) is 35.6. The number of benzene rings is 5. The minimum atomic E-state index is -1.28. The first-order valence-corrected chi connectivity index (χ1v) is 21.0. The molecular weight excluding hydrogens is 829 g/mol. The van der Waals surface area contributed by atoms with Crippen molar-refractivity contribution in [2.24, 2.45) is 0 Å². The number of aromatic nitrogens is 2. The second kappa shape index (κ2) is 15.4. The van der Waals surface area contributed by atoms with Gasteiger partial charge in [-0.05, 0) is 50.8 Å². The van der Waals surface area contributed by atoms with Gasteiger partial charge in [0.2, 0.25) is 0 Å². The first-order valence-electron chi connectivity index (χ1n) is 17.5. The number of fused-ring (bicyclic) bond motifs is 3. The van der Waals surface area contributed by atoms with Crippen molar-refractivity contribution in [3.63, 3.8) is 0 Å². The van der Waals surface area contributed by atoms with Gasteiger partial charge in [-0.3, -0.25) is 0 Å². The second-order valence-electron chi connectivity index (χ2n) is 15.0. The van der Waals surface area contributed by atoms with E-state index in [-0.39, 0.29) is 25.5 Å². The van der Waals surface area contributed by atoms with E-state index in [2.05, 4.69) is 172 Å². The summed E-state index contributed by atoms with van der Waals surface area (Å²) in [5, 5.41) is 3.59. The van der Waals surface area contributed by atoms with Crippen LogP contribution in [0.1, 0.15) is 26.3 Å². The Morgan fingerprint density at radius 3 is 1.92 bits per heavy atom. The maximum atomic E-state index is 6.35. The smallest absolute Gasteiger partial charge is 0.121 e. The van der Waals surface area contributed by atoms with Crippen LogP contribution in [0.4, 0.5) is 0 Å². The minimum Gasteiger partial charge on any atom is -0.501 e. The van der Waals surface area contributed by atoms with Crippen molar-refractivity contribution >= 4 is 35.2 Å². The third-order valence-corrected chi connectivity index (χ3v) is 11.3. The van der Waals surface area contributed by atoms with E-state index in [9.17, 15) is 0 Å². The average molecular weight is 871 g/mol. The summed E-state index contributed by atoms with van der Waals surface area (Å²) in [6.45, 7) is 13.6. The van der Waals surface area contributed by atoms with Crippen molar-refractivity contribution in [3.8, 4) is 44.8 Å². The molecule has 0 unspecified atom stereocenters. The fraction of sp³-hybridized carbons (Fsp3) is 0.149. The van der Waals surface area contributed by atoms with Gasteiger partial charge in [-0.1, -0.05) is 153 Å². The first-order chi connectivity index (χ1) is 24.5. The average Bonchev–Trinajstić information content (AvgIpc) is 3.54. The summed E-state index contributed by atoms with van der Waals surface area (Å²) in [6, 6.07) is 52.7. The van der Waals surface area contributed by atoms with Crippen molar-refractivity contribution in [1.29, 1.82) is 0 Å². The quantitative estimate of drug-likeness (QED) is 0.128. The van der Waals surface area contributed by atoms with Crippen molar-refractivity contribution < 1.29 is 24.5 Å². The van der Waals surface area contributed by atoms with Gasteiger partial charge in [-0.2, -0.15) is 0 Å². The topological polar surface area (TPSA) is 38.9 Å². The van der Waals surface area contributed by atoms with Crippen molar-refractivity contribution in [1.82, 2.24) is 9.97 Å². The summed E-state index contributed by atoms with van der Waals surface area (Å²) in [5.41, 5.74) is 11.6. The largest absolute Gasteiger partial charge is 0.501 e. The molecule has 0 atom stereocenters. The molecule has 0 aliphatic heterocycles. The normalized spacial score (nSPS) is 11.5. The number of nitrogens with zero attached hydrogens (tertiary/aromatic N) is 2. The molecule has 0 aliphatic carbocycles. The number of rotatable bonds is 5. The van der Waals surface area contributed by atoms with E-state index in [0.717, 1.165) is 50.0 Å². The molecule has 0 spiro atoms. The molecule has 5 heteroatoms. The Morgan fingerprint density at radius 1 is 0.615 bits per heavy atom. The monoisotopic (exact) mass is 871 g/mol. The van der Waals surface area contributed by atoms with Crippen molar-refractivity contribution in [2.75, 3.05) is 0 Å². The summed E-state index contributed by atoms with van der Waals surface area (Å²) in [4.78, 5) is 9.24. The molecule has 0 saturated heterocycles. The number of hydrogen-bond acceptors (Lipinski definition) is 3. The van der Waals surface area contributed by atoms with Crippen LogP contribution in [0.25, 0.3) is 66.7 Å². The molecule has 3 aromatic heterocycles. The van der Waals surface area contributed by atoms with E-state index < -0.39 is 8.07 Å². The van der Waals surface area contributed by atoms with Gasteiger partial charge in [-0.25, -0.2) is 0 Å². The summed E-state index contributed by atoms with van der Waals surface area (Å²) < 4.78 is 6.35. The molecule has 261 valence electrons. The molecule has 0 fully saturated rings. The van der Waals surface area contributed by atoms with E-state index in [4.69, 9.17) is 4.42 Å². The van der Waals surface area contributed by atoms with Crippen LogP contribution in [0.15, 0.2) is 150 Å². The summed E-state index contributed by atoms with van der Waals surface area (Å²) in [5.74, 6) is 0. The standard InChI is InChI=1S/C27H22NO.C20H20NSi.Ir/c1-27(2,3)20-14-15-28-24(17-20)23-11-7-10-22-21-13-12-19(16-25(21)29-26(22)23)18-8-5-4-6-9-18;1-22(2,3)19-13-14-20(21-15-19)18-11-9-17(10-12-18)16-7-5-4-6-8-16;/h4-10,12-17H,1-3H3;4-11,13-15H,1-3H3;/q2*-1;. The van der Waals surface area contributed by atoms with E-state index in [0.29, 0.717) is 0 Å². The maximum Gasteiger partial charge on any atom is 0.121 e. The molecule has 0 amide bonds. The summed E-state index contributed by atoms with van der Waals surface area (Å²) in [6.07, 6.45) is 3.90. The third-order valence-electron chi connectivity index (χ3n) is 9.25. The van der Waals surface area contributed by atoms with Gasteiger partial charge < -0.3 is 14.4 Å². The van der Waals surface area contributed by atoms with Gasteiger partial charge >= 0.3 is 0 Å². The van der Waals surface area contributed by atoms with Crippen LogP contribution >= 0.6 is 0 Å². The predicted octanol–water partition coefficient (Wildman–Crippen LogP) is 12.2. The maximum absolute atomic E-state index is 6.35. The molecule has 0 aliphatic rings. The summed E-state index contributed by atoms with van der Waals surface area (Å²) >= 11 is 0. The molecular formula is C47H42IrN2OSi-2. The molecule has 3 nitrogen and oxygen atoms in total. The minimum absolute atomic E-state index is 0. The van der Waals surface area contributed by atoms with E-state index in [1.165, 1.54) is 27.4 Å². The first kappa shape index (κ1) is 36.8. The van der Waals surface area contributed by atoms with Crippen LogP contribution in [0.2, 0.25) is 19.6 Å². The molecule has 3 heterocycles. The number of pyridine rings is 2. The molecule has 1 radical (unpaired) electrons. The second-order valence-corrected chi connectivity index (χ2v) is 20.1. The van der Waals surface area contributed by atoms with E-state index in [1.54, 1.807) is 0 Å². The Hall–Kier alpha value is -4.93. The fourth-order valence-corrected chi connectivity index (χ4v) is 7.20. The van der Waals surface area contributed by atoms with Gasteiger partial charge in [0.1, 0.15) is 5.58 Å². The van der Waals surface area contributed by atoms with E-state index in [1.807, 2.05) is 36.7 Å². The Kier molecular flexibility index (Phi) is 10.9. The molecule has 0 saturated carbocycles. The predicted molar refractivity (Wildman–Crippen MR) is 217 cm³/mol. The number of hydrogen-bond donors (Lipinski definition) is 0. The van der Waals surface area contributed by atoms with Crippen LogP contribution in [-0.4, -0.2) is 18.0 Å². The SMILES string of the molecule is CC(C)(C)c1ccnc(-c2[c-]ccc3c2oc2cc(-c4ccccc4)ccc23)c1.C[Si](C)(C)c1ccc(-c2[c-]cc(-c3ccccc3)cc2)nc1.[Ir]. The zero-order valence-electron chi connectivity index (χ0n) is 30.5. The number of furan rings is 1. The Bertz CT molecular complexity index is 2410. The van der Waals surface area contributed by atoms with Gasteiger partial charge in [0.05, 0.1) is 13.7 Å². The Labute approximate surface area is 322 Å². The third kappa shape index (κ3) is 8.08. The van der Waals surface area contributed by atoms with E-state index >= 15 is 0 Å². The molecule has 5 aromatic carbocycles. The van der Waals surface area contributed by atoms with Crippen LogP contribution < -0.4 is 5.19 Å². The van der Waals surface area contributed by atoms with Crippen LogP contribution in [0, 0.1) is 12.1 Å². The Balaban J connectivity index is 0.000000182. The van der Waals surface area contributed by atoms with Crippen LogP contribution in [-0.2, 0) is 25.5 Å². The zero-order valence-corrected chi connectivity index (χ0v) is 33.9. The fourth-order valence-electron chi connectivity index (χ4n) is 6.17. The van der Waals surface area contributed by atoms with Gasteiger partial charge in [-0.15, -0.1) is 48.0 Å². The van der Waals surface area contributed by atoms with Crippen LogP contribution in [0.5, 0.6) is 0 Å². The van der Waals surface area contributed by atoms with Crippen molar-refractivity contribution in [2.45, 2.75) is 45.8 Å². The molecule has 8 rings (SSSR count). The van der Waals surface area contributed by atoms with Gasteiger partial charge in [0.15, 0.2) is 0 Å². The summed E-state index contributed by atoms with van der Waals surface area (Å²) in [7, 11) is -1.28. The van der Waals surface area contributed by atoms with Gasteiger partial charge in [0.25, 0.3) is 0 Å². The Morgan fingerprint density at radius 2 is 1.31 bits per heavy atom.